The fourth-order valence-electron chi connectivity index (χ4n) is 2.29. The lowest BCUT2D eigenvalue weighted by Crippen LogP contribution is -2.10. The van der Waals surface area contributed by atoms with Crippen LogP contribution in [0.5, 0.6) is 5.75 Å². The first-order chi connectivity index (χ1) is 13.1. The highest BCUT2D eigenvalue weighted by molar-refractivity contribution is 7.71. The van der Waals surface area contributed by atoms with Crippen LogP contribution in [0.1, 0.15) is 12.5 Å². The van der Waals surface area contributed by atoms with E-state index in [1.807, 2.05) is 31.2 Å². The van der Waals surface area contributed by atoms with Gasteiger partial charge >= 0.3 is 0 Å². The third-order valence-corrected chi connectivity index (χ3v) is 3.84. The summed E-state index contributed by atoms with van der Waals surface area (Å²) in [6.45, 7) is 2.52. The van der Waals surface area contributed by atoms with E-state index in [0.29, 0.717) is 22.8 Å². The number of non-ortho nitro benzene ring substituents is 1. The maximum absolute atomic E-state index is 10.7. The molecule has 138 valence electrons. The quantitative estimate of drug-likeness (QED) is 0.279. The van der Waals surface area contributed by atoms with Crippen molar-refractivity contribution in [2.24, 2.45) is 5.10 Å². The highest BCUT2D eigenvalue weighted by atomic mass is 32.1. The van der Waals surface area contributed by atoms with Gasteiger partial charge in [-0.25, -0.2) is 10.6 Å². The van der Waals surface area contributed by atoms with E-state index >= 15 is 0 Å². The molecule has 0 aliphatic rings. The predicted octanol–water partition coefficient (Wildman–Crippen LogP) is 3.49. The van der Waals surface area contributed by atoms with Crippen LogP contribution >= 0.6 is 12.2 Å². The molecule has 0 bridgehead atoms. The molecule has 2 aromatic carbocycles. The van der Waals surface area contributed by atoms with Crippen LogP contribution in [0.2, 0.25) is 0 Å². The van der Waals surface area contributed by atoms with E-state index in [2.05, 4.69) is 20.8 Å². The molecule has 0 atom stereocenters. The zero-order valence-corrected chi connectivity index (χ0v) is 15.1. The van der Waals surface area contributed by atoms with Crippen molar-refractivity contribution in [3.05, 3.63) is 69.0 Å². The Morgan fingerprint density at radius 3 is 2.63 bits per heavy atom. The first kappa shape index (κ1) is 18.3. The third-order valence-electron chi connectivity index (χ3n) is 3.57. The molecule has 3 rings (SSSR count). The van der Waals surface area contributed by atoms with Gasteiger partial charge < -0.3 is 4.74 Å². The molecule has 0 radical (unpaired) electrons. The highest BCUT2D eigenvalue weighted by Gasteiger charge is 2.08. The number of nitrogens with zero attached hydrogens (tertiary/aromatic N) is 4. The van der Waals surface area contributed by atoms with Crippen LogP contribution in [0, 0.1) is 14.9 Å². The number of nitro groups is 1. The zero-order chi connectivity index (χ0) is 19.2. The first-order valence-electron chi connectivity index (χ1n) is 8.02. The second-order valence-corrected chi connectivity index (χ2v) is 5.74. The average Bonchev–Trinajstić information content (AvgIpc) is 3.04. The van der Waals surface area contributed by atoms with Gasteiger partial charge in [-0.1, -0.05) is 0 Å². The summed E-state index contributed by atoms with van der Waals surface area (Å²) in [6.07, 6.45) is 1.53. The minimum Gasteiger partial charge on any atom is -0.494 e. The summed E-state index contributed by atoms with van der Waals surface area (Å²) in [6, 6.07) is 13.5. The molecule has 10 heteroatoms. The van der Waals surface area contributed by atoms with Crippen LogP contribution in [0.25, 0.3) is 11.4 Å². The van der Waals surface area contributed by atoms with Gasteiger partial charge in [-0.05, 0) is 61.1 Å². The van der Waals surface area contributed by atoms with Crippen LogP contribution in [-0.4, -0.2) is 32.6 Å². The number of H-pyrrole nitrogens is 1. The largest absolute Gasteiger partial charge is 0.494 e. The van der Waals surface area contributed by atoms with Gasteiger partial charge in [0, 0.05) is 17.7 Å². The normalized spacial score (nSPS) is 10.9. The summed E-state index contributed by atoms with van der Waals surface area (Å²) in [7, 11) is 0. The second-order valence-electron chi connectivity index (χ2n) is 5.35. The molecular weight excluding hydrogens is 368 g/mol. The van der Waals surface area contributed by atoms with Gasteiger partial charge in [0.1, 0.15) is 5.75 Å². The monoisotopic (exact) mass is 384 g/mol. The van der Waals surface area contributed by atoms with Gasteiger partial charge in [-0.15, -0.1) is 0 Å². The van der Waals surface area contributed by atoms with Crippen molar-refractivity contribution in [1.29, 1.82) is 0 Å². The van der Waals surface area contributed by atoms with Crippen molar-refractivity contribution in [2.75, 3.05) is 12.1 Å². The standard InChI is InChI=1S/C17H16N6O3S/c1-2-26-15-9-5-13(6-10-15)16-19-20-17(27)22(16)21-18-11-12-3-7-14(8-4-12)23(24)25/h3-11,21H,2H2,1H3,(H,20,27)/b18-11+. The Balaban J connectivity index is 1.76. The van der Waals surface area contributed by atoms with Crippen molar-refractivity contribution in [2.45, 2.75) is 6.92 Å². The molecule has 1 heterocycles. The van der Waals surface area contributed by atoms with Crippen LogP contribution in [0.15, 0.2) is 53.6 Å². The lowest BCUT2D eigenvalue weighted by atomic mass is 10.2. The number of aromatic amines is 1. The van der Waals surface area contributed by atoms with E-state index in [0.717, 1.165) is 11.3 Å². The number of nitrogens with one attached hydrogen (secondary N) is 2. The predicted molar refractivity (Wildman–Crippen MR) is 104 cm³/mol. The van der Waals surface area contributed by atoms with Gasteiger partial charge in [0.05, 0.1) is 17.7 Å². The maximum atomic E-state index is 10.7. The fraction of sp³-hybridized carbons (Fsp3) is 0.118. The molecule has 3 aromatic rings. The Morgan fingerprint density at radius 1 is 1.30 bits per heavy atom. The molecule has 27 heavy (non-hydrogen) atoms. The zero-order valence-electron chi connectivity index (χ0n) is 14.3. The summed E-state index contributed by atoms with van der Waals surface area (Å²) in [5, 5.41) is 21.7. The molecule has 0 amide bonds. The summed E-state index contributed by atoms with van der Waals surface area (Å²) < 4.78 is 7.30. The van der Waals surface area contributed by atoms with Gasteiger partial charge in [0.25, 0.3) is 5.69 Å². The Kier molecular flexibility index (Phi) is 5.57. The third kappa shape index (κ3) is 4.36. The highest BCUT2D eigenvalue weighted by Crippen LogP contribution is 2.20. The van der Waals surface area contributed by atoms with E-state index < -0.39 is 4.92 Å². The van der Waals surface area contributed by atoms with Crippen LogP contribution in [-0.2, 0) is 0 Å². The minimum atomic E-state index is -0.451. The number of ether oxygens (including phenoxy) is 1. The van der Waals surface area contributed by atoms with Crippen molar-refractivity contribution in [3.63, 3.8) is 0 Å². The van der Waals surface area contributed by atoms with E-state index in [9.17, 15) is 10.1 Å². The first-order valence-corrected chi connectivity index (χ1v) is 8.43. The number of nitro benzene ring substituents is 1. The van der Waals surface area contributed by atoms with Crippen LogP contribution < -0.4 is 10.3 Å². The minimum absolute atomic E-state index is 0.0231. The summed E-state index contributed by atoms with van der Waals surface area (Å²) in [5.41, 5.74) is 4.35. The average molecular weight is 384 g/mol. The molecule has 2 N–H and O–H groups in total. The van der Waals surface area contributed by atoms with Crippen LogP contribution in [0.3, 0.4) is 0 Å². The number of hydrogen-bond acceptors (Lipinski definition) is 7. The van der Waals surface area contributed by atoms with E-state index in [4.69, 9.17) is 17.0 Å². The van der Waals surface area contributed by atoms with E-state index in [1.165, 1.54) is 23.0 Å². The number of hydrazone groups is 1. The molecular formula is C17H16N6O3S. The molecule has 0 saturated carbocycles. The maximum Gasteiger partial charge on any atom is 0.269 e. The number of rotatable bonds is 7. The topological polar surface area (TPSA) is 110 Å². The lowest BCUT2D eigenvalue weighted by Gasteiger charge is -2.07. The van der Waals surface area contributed by atoms with E-state index in [1.54, 1.807) is 12.1 Å². The molecule has 0 saturated heterocycles. The molecule has 9 nitrogen and oxygen atoms in total. The Hall–Kier alpha value is -3.53. The smallest absolute Gasteiger partial charge is 0.269 e. The molecule has 0 spiro atoms. The van der Waals surface area contributed by atoms with Crippen molar-refractivity contribution in [3.8, 4) is 17.1 Å². The molecule has 0 unspecified atom stereocenters. The van der Waals surface area contributed by atoms with Gasteiger partial charge in [0.15, 0.2) is 5.82 Å². The SMILES string of the molecule is CCOc1ccc(-c2n[nH]c(=S)n2N/N=C/c2ccc([N+](=O)[O-])cc2)cc1. The Bertz CT molecular complexity index is 1010. The second kappa shape index (κ2) is 8.23. The number of hydrogen-bond donors (Lipinski definition) is 2. The molecule has 0 aliphatic heterocycles. The van der Waals surface area contributed by atoms with Crippen molar-refractivity contribution >= 4 is 24.1 Å². The fourth-order valence-corrected chi connectivity index (χ4v) is 2.47. The summed E-state index contributed by atoms with van der Waals surface area (Å²) >= 11 is 5.22. The van der Waals surface area contributed by atoms with Gasteiger partial charge in [-0.2, -0.15) is 14.9 Å². The Morgan fingerprint density at radius 2 is 2.00 bits per heavy atom. The number of aromatic nitrogens is 3. The van der Waals surface area contributed by atoms with Gasteiger partial charge in [0.2, 0.25) is 4.77 Å². The van der Waals surface area contributed by atoms with Gasteiger partial charge in [-0.3, -0.25) is 10.1 Å². The van der Waals surface area contributed by atoms with E-state index in [-0.39, 0.29) is 5.69 Å². The summed E-state index contributed by atoms with van der Waals surface area (Å²) in [5.74, 6) is 1.33. The Labute approximate surface area is 159 Å². The summed E-state index contributed by atoms with van der Waals surface area (Å²) in [4.78, 5) is 10.2. The molecule has 1 aromatic heterocycles. The van der Waals surface area contributed by atoms with Crippen molar-refractivity contribution in [1.82, 2.24) is 14.9 Å². The van der Waals surface area contributed by atoms with Crippen LogP contribution in [0.4, 0.5) is 5.69 Å². The lowest BCUT2D eigenvalue weighted by molar-refractivity contribution is -0.384. The molecule has 0 aliphatic carbocycles. The van der Waals surface area contributed by atoms with Crippen molar-refractivity contribution < 1.29 is 9.66 Å². The number of benzene rings is 2. The molecule has 0 fully saturated rings.